The van der Waals surface area contributed by atoms with Crippen LogP contribution in [0.4, 0.5) is 14.9 Å². The fraction of sp³-hybridized carbons (Fsp3) is 0.222. The van der Waals surface area contributed by atoms with Gasteiger partial charge in [-0.25, -0.2) is 4.79 Å². The van der Waals surface area contributed by atoms with Crippen LogP contribution in [0.5, 0.6) is 0 Å². The second-order valence-corrected chi connectivity index (χ2v) is 10.5. The Balaban J connectivity index is 1.30. The molecule has 3 nitrogen and oxygen atoms in total. The molecule has 4 aromatic rings. The minimum atomic E-state index is -0.598. The number of anilines is 1. The van der Waals surface area contributed by atoms with Crippen LogP contribution < -0.4 is 5.32 Å². The maximum Gasteiger partial charge on any atom is 0.412 e. The van der Waals surface area contributed by atoms with Crippen LogP contribution in [0.2, 0.25) is 0 Å². The smallest absolute Gasteiger partial charge is 0.412 e. The monoisotopic (exact) mass is 477 g/mol. The highest BCUT2D eigenvalue weighted by Crippen LogP contribution is 2.41. The van der Waals surface area contributed by atoms with E-state index in [1.54, 1.807) is 11.3 Å². The number of nitrogens with one attached hydrogen (secondary N) is 1. The highest BCUT2D eigenvalue weighted by molar-refractivity contribution is 7.14. The number of ether oxygens (including phenoxy) is 1. The molecule has 2 heterocycles. The summed E-state index contributed by atoms with van der Waals surface area (Å²) in [6.07, 6.45) is 1.61. The summed E-state index contributed by atoms with van der Waals surface area (Å²) in [7, 11) is 0. The molecule has 1 unspecified atom stereocenters. The number of thiophene rings is 2. The number of aryl methyl sites for hydroxylation is 1. The maximum absolute atomic E-state index is 14.1. The minimum absolute atomic E-state index is 0.359. The molecular formula is C27H24FNO2S2. The average Bonchev–Trinajstić information content (AvgIpc) is 3.47. The Morgan fingerprint density at radius 1 is 1.03 bits per heavy atom. The van der Waals surface area contributed by atoms with Gasteiger partial charge in [0.15, 0.2) is 5.13 Å². The molecule has 0 aliphatic heterocycles. The van der Waals surface area contributed by atoms with Gasteiger partial charge in [0.1, 0.15) is 6.10 Å². The number of halogens is 1. The second kappa shape index (κ2) is 9.12. The summed E-state index contributed by atoms with van der Waals surface area (Å²) < 4.78 is 19.7. The van der Waals surface area contributed by atoms with Crippen LogP contribution >= 0.6 is 22.7 Å². The molecule has 0 saturated heterocycles. The highest BCUT2D eigenvalue weighted by atomic mass is 32.1. The molecular weight excluding hydrogens is 453 g/mol. The van der Waals surface area contributed by atoms with Crippen molar-refractivity contribution in [3.8, 4) is 21.6 Å². The molecule has 0 bridgehead atoms. The van der Waals surface area contributed by atoms with Gasteiger partial charge in [0.05, 0.1) is 10.6 Å². The van der Waals surface area contributed by atoms with E-state index in [4.69, 9.17) is 4.74 Å². The van der Waals surface area contributed by atoms with Crippen LogP contribution in [0.25, 0.3) is 21.6 Å². The average molecular weight is 478 g/mol. The van der Waals surface area contributed by atoms with Crippen LogP contribution in [0, 0.1) is 12.1 Å². The van der Waals surface area contributed by atoms with Crippen LogP contribution in [0.1, 0.15) is 47.8 Å². The summed E-state index contributed by atoms with van der Waals surface area (Å²) in [5, 5.41) is 4.34. The molecule has 1 aliphatic rings. The molecule has 33 heavy (non-hydrogen) atoms. The Morgan fingerprint density at radius 3 is 2.27 bits per heavy atom. The summed E-state index contributed by atoms with van der Waals surface area (Å²) in [6, 6.07) is 20.0. The first-order chi connectivity index (χ1) is 16.0. The van der Waals surface area contributed by atoms with Crippen molar-refractivity contribution in [2.24, 2.45) is 0 Å². The summed E-state index contributed by atoms with van der Waals surface area (Å²) in [5.74, 6) is 0.741. The third-order valence-corrected chi connectivity index (χ3v) is 7.83. The Labute approximate surface area is 200 Å². The predicted octanol–water partition coefficient (Wildman–Crippen LogP) is 8.78. The fourth-order valence-electron chi connectivity index (χ4n) is 4.03. The molecule has 1 atom stereocenters. The first kappa shape index (κ1) is 21.9. The van der Waals surface area contributed by atoms with E-state index in [-0.39, 0.29) is 11.2 Å². The topological polar surface area (TPSA) is 38.3 Å². The maximum atomic E-state index is 14.1. The normalized spacial score (nSPS) is 14.2. The first-order valence-corrected chi connectivity index (χ1v) is 12.7. The Kier molecular flexibility index (Phi) is 6.04. The number of hydrogen-bond acceptors (Lipinski definition) is 4. The van der Waals surface area contributed by atoms with Gasteiger partial charge < -0.3 is 4.74 Å². The van der Waals surface area contributed by atoms with Gasteiger partial charge in [-0.2, -0.15) is 4.39 Å². The van der Waals surface area contributed by atoms with Crippen molar-refractivity contribution in [2.45, 2.75) is 38.7 Å². The van der Waals surface area contributed by atoms with Crippen molar-refractivity contribution in [3.05, 3.63) is 87.2 Å². The summed E-state index contributed by atoms with van der Waals surface area (Å²) in [4.78, 5) is 14.3. The number of carbonyl (C=O) groups is 1. The highest BCUT2D eigenvalue weighted by Gasteiger charge is 2.23. The van der Waals surface area contributed by atoms with Crippen LogP contribution in [0.15, 0.2) is 66.0 Å². The van der Waals surface area contributed by atoms with Gasteiger partial charge in [-0.15, -0.1) is 22.7 Å². The van der Waals surface area contributed by atoms with Crippen molar-refractivity contribution in [3.63, 3.8) is 0 Å². The van der Waals surface area contributed by atoms with Gasteiger partial charge in [0.2, 0.25) is 0 Å². The van der Waals surface area contributed by atoms with Crippen molar-refractivity contribution in [1.29, 1.82) is 0 Å². The summed E-state index contributed by atoms with van der Waals surface area (Å²) in [6.45, 7) is 3.83. The Bertz CT molecular complexity index is 1270. The van der Waals surface area contributed by atoms with Gasteiger partial charge in [0, 0.05) is 16.5 Å². The molecule has 1 N–H and O–H groups in total. The lowest BCUT2D eigenvalue weighted by molar-refractivity contribution is 0.121. The van der Waals surface area contributed by atoms with E-state index in [1.165, 1.54) is 24.5 Å². The quantitative estimate of drug-likeness (QED) is 0.301. The zero-order chi connectivity index (χ0) is 22.9. The van der Waals surface area contributed by atoms with Crippen molar-refractivity contribution >= 4 is 34.5 Å². The molecule has 2 aromatic heterocycles. The number of hydrogen-bond donors (Lipinski definition) is 1. The molecule has 0 radical (unpaired) electrons. The predicted molar refractivity (Wildman–Crippen MR) is 135 cm³/mol. The first-order valence-electron chi connectivity index (χ1n) is 11.0. The van der Waals surface area contributed by atoms with Gasteiger partial charge in [-0.05, 0) is 66.3 Å². The van der Waals surface area contributed by atoms with E-state index in [0.29, 0.717) is 10.6 Å². The van der Waals surface area contributed by atoms with E-state index in [1.807, 2.05) is 49.6 Å². The standard InChI is InChI=1S/C27H24FNO2S2/c1-16(23-13-14-32-17(23)2)31-27(30)29-24-15-25(28)33-26(24)22-11-9-21(10-12-22)20-7-5-19(6-8-20)18-3-4-18/h5-16,18H,3-4H2,1-2H3,(H,29,30). The lowest BCUT2D eigenvalue weighted by Gasteiger charge is -2.14. The lowest BCUT2D eigenvalue weighted by Crippen LogP contribution is -2.16. The molecule has 168 valence electrons. The minimum Gasteiger partial charge on any atom is -0.441 e. The van der Waals surface area contributed by atoms with Crippen molar-refractivity contribution in [2.75, 3.05) is 5.32 Å². The second-order valence-electron chi connectivity index (χ2n) is 8.37. The summed E-state index contributed by atoms with van der Waals surface area (Å²) in [5.41, 5.74) is 5.91. The zero-order valence-electron chi connectivity index (χ0n) is 18.4. The van der Waals surface area contributed by atoms with Crippen molar-refractivity contribution < 1.29 is 13.9 Å². The molecule has 1 amide bonds. The summed E-state index contributed by atoms with van der Waals surface area (Å²) >= 11 is 2.62. The zero-order valence-corrected chi connectivity index (χ0v) is 20.1. The molecule has 6 heteroatoms. The van der Waals surface area contributed by atoms with E-state index in [2.05, 4.69) is 29.6 Å². The van der Waals surface area contributed by atoms with Crippen LogP contribution in [0.3, 0.4) is 0 Å². The Morgan fingerprint density at radius 2 is 1.67 bits per heavy atom. The van der Waals surface area contributed by atoms with E-state index < -0.39 is 6.09 Å². The third-order valence-electron chi connectivity index (χ3n) is 6.00. The van der Waals surface area contributed by atoms with Crippen LogP contribution in [-0.2, 0) is 4.74 Å². The van der Waals surface area contributed by atoms with E-state index >= 15 is 0 Å². The van der Waals surface area contributed by atoms with E-state index in [9.17, 15) is 9.18 Å². The third kappa shape index (κ3) is 4.87. The van der Waals surface area contributed by atoms with Gasteiger partial charge >= 0.3 is 6.09 Å². The van der Waals surface area contributed by atoms with E-state index in [0.717, 1.165) is 44.4 Å². The fourth-order valence-corrected chi connectivity index (χ4v) is 5.66. The number of amides is 1. The van der Waals surface area contributed by atoms with Crippen LogP contribution in [-0.4, -0.2) is 6.09 Å². The molecule has 1 saturated carbocycles. The van der Waals surface area contributed by atoms with Gasteiger partial charge in [-0.3, -0.25) is 5.32 Å². The van der Waals surface area contributed by atoms with Gasteiger partial charge in [-0.1, -0.05) is 48.5 Å². The molecule has 1 fully saturated rings. The molecule has 2 aromatic carbocycles. The largest absolute Gasteiger partial charge is 0.441 e. The van der Waals surface area contributed by atoms with Crippen molar-refractivity contribution in [1.82, 2.24) is 0 Å². The molecule has 0 spiro atoms. The lowest BCUT2D eigenvalue weighted by atomic mass is 10.0. The number of rotatable bonds is 6. The number of carbonyl (C=O) groups excluding carboxylic acids is 1. The van der Waals surface area contributed by atoms with Gasteiger partial charge in [0.25, 0.3) is 0 Å². The number of benzene rings is 2. The Hall–Kier alpha value is -2.96. The molecule has 1 aliphatic carbocycles. The SMILES string of the molecule is Cc1sccc1C(C)OC(=O)Nc1cc(F)sc1-c1ccc(-c2ccc(C3CC3)cc2)cc1. The molecule has 5 rings (SSSR count).